The molecule has 1 rings (SSSR count). The van der Waals surface area contributed by atoms with Crippen LogP contribution >= 0.6 is 11.8 Å². The third-order valence-electron chi connectivity index (χ3n) is 1.74. The molecule has 0 aromatic rings. The first kappa shape index (κ1) is 11.4. The summed E-state index contributed by atoms with van der Waals surface area (Å²) in [6.07, 6.45) is 2.22. The van der Waals surface area contributed by atoms with Crippen molar-refractivity contribution < 1.29 is 9.53 Å². The minimum atomic E-state index is -0.296. The Hall–Kier alpha value is -0.710. The molecule has 0 aromatic carbocycles. The van der Waals surface area contributed by atoms with Gasteiger partial charge < -0.3 is 10.1 Å². The molecule has 4 nitrogen and oxygen atoms in total. The zero-order valence-electron chi connectivity index (χ0n) is 8.58. The smallest absolute Gasteiger partial charge is 0.344 e. The minimum Gasteiger partial charge on any atom is -0.469 e. The lowest BCUT2D eigenvalue weighted by Crippen LogP contribution is -2.21. The van der Waals surface area contributed by atoms with E-state index >= 15 is 0 Å². The van der Waals surface area contributed by atoms with Crippen LogP contribution in [0.3, 0.4) is 0 Å². The molecular weight excluding hydrogens is 200 g/mol. The van der Waals surface area contributed by atoms with Crippen molar-refractivity contribution in [3.8, 4) is 0 Å². The Bertz CT molecular complexity index is 231. The van der Waals surface area contributed by atoms with Gasteiger partial charge in [-0.25, -0.2) is 4.79 Å². The fraction of sp³-hybridized carbons (Fsp3) is 0.778. The monoisotopic (exact) mass is 216 g/mol. The number of nitrogens with zero attached hydrogens (tertiary/aromatic N) is 1. The third kappa shape index (κ3) is 4.00. The van der Waals surface area contributed by atoms with Crippen LogP contribution < -0.4 is 5.32 Å². The zero-order chi connectivity index (χ0) is 10.4. The molecule has 0 spiro atoms. The average molecular weight is 216 g/mol. The van der Waals surface area contributed by atoms with Crippen LogP contribution in [0, 0.1) is 0 Å². The van der Waals surface area contributed by atoms with Gasteiger partial charge >= 0.3 is 6.03 Å². The largest absolute Gasteiger partial charge is 0.469 e. The van der Waals surface area contributed by atoms with Crippen molar-refractivity contribution in [3.05, 3.63) is 0 Å². The summed E-state index contributed by atoms with van der Waals surface area (Å²) in [5.41, 5.74) is 0. The highest BCUT2D eigenvalue weighted by molar-refractivity contribution is 8.13. The van der Waals surface area contributed by atoms with Crippen molar-refractivity contribution in [2.24, 2.45) is 4.99 Å². The number of thioether (sulfide) groups is 1. The standard InChI is InChI=1S/C9H16N2O2S/c1-3-4-5-10-8(12)11-9-13-7(2)6-14-9/h7H,3-6H2,1-2H3,(H,10,12)/b11-9-. The van der Waals surface area contributed by atoms with Crippen molar-refractivity contribution in [1.29, 1.82) is 0 Å². The molecule has 0 bridgehead atoms. The summed E-state index contributed by atoms with van der Waals surface area (Å²) in [7, 11) is 0. The highest BCUT2D eigenvalue weighted by atomic mass is 32.2. The Balaban J connectivity index is 2.25. The van der Waals surface area contributed by atoms with Gasteiger partial charge in [0.15, 0.2) is 0 Å². The van der Waals surface area contributed by atoms with Crippen LogP contribution in [0.5, 0.6) is 0 Å². The van der Waals surface area contributed by atoms with E-state index < -0.39 is 0 Å². The summed E-state index contributed by atoms with van der Waals surface area (Å²) in [6, 6.07) is -0.296. The van der Waals surface area contributed by atoms with E-state index in [2.05, 4.69) is 17.2 Å². The topological polar surface area (TPSA) is 50.7 Å². The SMILES string of the molecule is CCCCNC(=O)/N=C1/OC(C)CS1. The second-order valence-corrected chi connectivity index (χ2v) is 4.17. The number of ether oxygens (including phenoxy) is 1. The number of aliphatic imine (C=N–C) groups is 1. The number of hydrogen-bond acceptors (Lipinski definition) is 3. The Labute approximate surface area is 88.5 Å². The van der Waals surface area contributed by atoms with E-state index in [1.165, 1.54) is 11.8 Å². The molecule has 1 saturated heterocycles. The normalized spacial score (nSPS) is 23.6. The van der Waals surface area contributed by atoms with Crippen LogP contribution in [0.1, 0.15) is 26.7 Å². The van der Waals surface area contributed by atoms with Crippen LogP contribution in [-0.4, -0.2) is 29.7 Å². The van der Waals surface area contributed by atoms with Crippen LogP contribution in [0.4, 0.5) is 4.79 Å². The van der Waals surface area contributed by atoms with E-state index in [0.717, 1.165) is 18.6 Å². The van der Waals surface area contributed by atoms with Crippen molar-refractivity contribution in [1.82, 2.24) is 5.32 Å². The maximum atomic E-state index is 11.2. The highest BCUT2D eigenvalue weighted by Crippen LogP contribution is 2.19. The number of hydrogen-bond donors (Lipinski definition) is 1. The highest BCUT2D eigenvalue weighted by Gasteiger charge is 2.19. The first-order valence-corrected chi connectivity index (χ1v) is 5.87. The Kier molecular flexibility index (Phi) is 4.79. The fourth-order valence-electron chi connectivity index (χ4n) is 0.982. The summed E-state index contributed by atoms with van der Waals surface area (Å²) in [5.74, 6) is 0.876. The summed E-state index contributed by atoms with van der Waals surface area (Å²) in [6.45, 7) is 4.73. The van der Waals surface area contributed by atoms with Gasteiger partial charge in [0.05, 0.1) is 0 Å². The van der Waals surface area contributed by atoms with Crippen molar-refractivity contribution in [2.75, 3.05) is 12.3 Å². The van der Waals surface area contributed by atoms with Gasteiger partial charge in [0.1, 0.15) is 6.10 Å². The molecule has 1 fully saturated rings. The molecule has 1 heterocycles. The molecule has 0 aromatic heterocycles. The van der Waals surface area contributed by atoms with Crippen LogP contribution in [0.2, 0.25) is 0 Å². The second-order valence-electron chi connectivity index (χ2n) is 3.20. The molecule has 80 valence electrons. The molecule has 0 radical (unpaired) electrons. The molecule has 1 N–H and O–H groups in total. The Morgan fingerprint density at radius 3 is 3.14 bits per heavy atom. The Morgan fingerprint density at radius 1 is 1.79 bits per heavy atom. The molecule has 0 saturated carbocycles. The number of urea groups is 1. The lowest BCUT2D eigenvalue weighted by Gasteiger charge is -2.01. The zero-order valence-corrected chi connectivity index (χ0v) is 9.39. The number of carbonyl (C=O) groups excluding carboxylic acids is 1. The minimum absolute atomic E-state index is 0.169. The Morgan fingerprint density at radius 2 is 2.57 bits per heavy atom. The predicted molar refractivity (Wildman–Crippen MR) is 58.7 cm³/mol. The summed E-state index contributed by atoms with van der Waals surface area (Å²) >= 11 is 1.48. The molecule has 2 amide bonds. The lowest BCUT2D eigenvalue weighted by molar-refractivity contribution is 0.240. The van der Waals surface area contributed by atoms with E-state index in [1.807, 2.05) is 6.92 Å². The maximum Gasteiger partial charge on any atom is 0.344 e. The van der Waals surface area contributed by atoms with E-state index in [-0.39, 0.29) is 12.1 Å². The number of carbonyl (C=O) groups is 1. The first-order chi connectivity index (χ1) is 6.72. The third-order valence-corrected chi connectivity index (χ3v) is 2.81. The fourth-order valence-corrected chi connectivity index (χ4v) is 1.81. The van der Waals surface area contributed by atoms with E-state index in [1.54, 1.807) is 0 Å². The van der Waals surface area contributed by atoms with Crippen molar-refractivity contribution in [2.45, 2.75) is 32.8 Å². The van der Waals surface area contributed by atoms with E-state index in [9.17, 15) is 4.79 Å². The predicted octanol–water partition coefficient (Wildman–Crippen LogP) is 2.00. The van der Waals surface area contributed by atoms with Crippen molar-refractivity contribution >= 4 is 23.0 Å². The van der Waals surface area contributed by atoms with Crippen LogP contribution in [0.25, 0.3) is 0 Å². The number of amides is 2. The first-order valence-electron chi connectivity index (χ1n) is 4.88. The summed E-state index contributed by atoms with van der Waals surface area (Å²) in [5, 5.41) is 3.20. The van der Waals surface area contributed by atoms with Gasteiger partial charge in [0, 0.05) is 12.3 Å². The molecule has 1 aliphatic rings. The van der Waals surface area contributed by atoms with Gasteiger partial charge in [-0.05, 0) is 13.3 Å². The van der Waals surface area contributed by atoms with Gasteiger partial charge in [-0.15, -0.1) is 0 Å². The molecule has 14 heavy (non-hydrogen) atoms. The van der Waals surface area contributed by atoms with Gasteiger partial charge in [0.25, 0.3) is 5.23 Å². The van der Waals surface area contributed by atoms with Gasteiger partial charge in [-0.2, -0.15) is 4.99 Å². The summed E-state index contributed by atoms with van der Waals surface area (Å²) in [4.78, 5) is 15.0. The van der Waals surface area contributed by atoms with Crippen molar-refractivity contribution in [3.63, 3.8) is 0 Å². The molecule has 5 heteroatoms. The van der Waals surface area contributed by atoms with Gasteiger partial charge in [0.2, 0.25) is 0 Å². The van der Waals surface area contributed by atoms with Crippen LogP contribution in [-0.2, 0) is 4.74 Å². The second kappa shape index (κ2) is 5.90. The van der Waals surface area contributed by atoms with Crippen LogP contribution in [0.15, 0.2) is 4.99 Å². The van der Waals surface area contributed by atoms with E-state index in [4.69, 9.17) is 4.74 Å². The molecule has 1 atom stereocenters. The number of nitrogens with one attached hydrogen (secondary N) is 1. The lowest BCUT2D eigenvalue weighted by atomic mass is 10.3. The molecular formula is C9H16N2O2S. The molecule has 0 aliphatic carbocycles. The number of unbranched alkanes of at least 4 members (excludes halogenated alkanes) is 1. The molecule has 1 unspecified atom stereocenters. The summed E-state index contributed by atoms with van der Waals surface area (Å²) < 4.78 is 5.29. The maximum absolute atomic E-state index is 11.2. The average Bonchev–Trinajstić information content (AvgIpc) is 2.52. The van der Waals surface area contributed by atoms with Gasteiger partial charge in [-0.3, -0.25) is 0 Å². The molecule has 1 aliphatic heterocycles. The number of rotatable bonds is 3. The van der Waals surface area contributed by atoms with E-state index in [0.29, 0.717) is 11.8 Å². The van der Waals surface area contributed by atoms with Gasteiger partial charge in [-0.1, -0.05) is 25.1 Å². The quantitative estimate of drug-likeness (QED) is 0.734.